The summed E-state index contributed by atoms with van der Waals surface area (Å²) in [5, 5.41) is 27.7. The first-order valence-corrected chi connectivity index (χ1v) is 4.26. The third-order valence-corrected chi connectivity index (χ3v) is 2.42. The zero-order chi connectivity index (χ0) is 10.9. The van der Waals surface area contributed by atoms with Gasteiger partial charge in [0.25, 0.3) is 0 Å². The van der Waals surface area contributed by atoms with E-state index in [0.29, 0.717) is 0 Å². The first kappa shape index (κ1) is 11.4. The second-order valence-corrected chi connectivity index (χ2v) is 3.34. The molecular formula is C8H14O6. The van der Waals surface area contributed by atoms with E-state index in [1.165, 1.54) is 7.11 Å². The Morgan fingerprint density at radius 1 is 1.36 bits per heavy atom. The highest BCUT2D eigenvalue weighted by molar-refractivity contribution is 5.73. The van der Waals surface area contributed by atoms with E-state index in [9.17, 15) is 15.0 Å². The topological polar surface area (TPSA) is 96.2 Å². The zero-order valence-corrected chi connectivity index (χ0v) is 7.95. The Hall–Kier alpha value is -0.690. The van der Waals surface area contributed by atoms with E-state index in [0.717, 1.165) is 0 Å². The number of carbonyl (C=O) groups is 1. The molecule has 0 amide bonds. The molecule has 0 aromatic carbocycles. The monoisotopic (exact) mass is 206 g/mol. The van der Waals surface area contributed by atoms with Crippen LogP contribution in [0.15, 0.2) is 0 Å². The van der Waals surface area contributed by atoms with Crippen LogP contribution >= 0.6 is 0 Å². The van der Waals surface area contributed by atoms with Crippen LogP contribution < -0.4 is 0 Å². The minimum absolute atomic E-state index is 0.602. The van der Waals surface area contributed by atoms with Gasteiger partial charge < -0.3 is 24.8 Å². The highest BCUT2D eigenvalue weighted by Crippen LogP contribution is 2.26. The SMILES string of the molecule is COC1OC(C(=O)O)[C@@H](O)[C@H](C)[C@H]1O. The Morgan fingerprint density at radius 2 is 1.93 bits per heavy atom. The molecule has 2 unspecified atom stereocenters. The van der Waals surface area contributed by atoms with Crippen molar-refractivity contribution in [2.24, 2.45) is 5.92 Å². The molecule has 0 bridgehead atoms. The van der Waals surface area contributed by atoms with Crippen molar-refractivity contribution < 1.29 is 29.6 Å². The van der Waals surface area contributed by atoms with Crippen LogP contribution in [0.4, 0.5) is 0 Å². The van der Waals surface area contributed by atoms with E-state index < -0.39 is 36.5 Å². The van der Waals surface area contributed by atoms with Gasteiger partial charge in [-0.2, -0.15) is 0 Å². The standard InChI is InChI=1S/C8H14O6/c1-3-4(9)6(7(11)12)14-8(13-2)5(3)10/h3-6,8-10H,1-2H3,(H,11,12)/t3-,4-,5+,6?,8?/m0/s1. The molecule has 0 radical (unpaired) electrons. The molecule has 5 atom stereocenters. The molecule has 1 fully saturated rings. The van der Waals surface area contributed by atoms with Crippen molar-refractivity contribution in [2.45, 2.75) is 31.5 Å². The molecule has 1 aliphatic rings. The fourth-order valence-corrected chi connectivity index (χ4v) is 1.43. The second-order valence-electron chi connectivity index (χ2n) is 3.34. The highest BCUT2D eigenvalue weighted by atomic mass is 16.7. The zero-order valence-electron chi connectivity index (χ0n) is 7.95. The van der Waals surface area contributed by atoms with Crippen LogP contribution in [0.2, 0.25) is 0 Å². The van der Waals surface area contributed by atoms with Crippen molar-refractivity contribution in [3.8, 4) is 0 Å². The quantitative estimate of drug-likeness (QED) is 0.525. The van der Waals surface area contributed by atoms with E-state index in [-0.39, 0.29) is 0 Å². The predicted octanol–water partition coefficient (Wildman–Crippen LogP) is -1.20. The maximum atomic E-state index is 10.7. The lowest BCUT2D eigenvalue weighted by Crippen LogP contribution is -2.56. The smallest absolute Gasteiger partial charge is 0.335 e. The van der Waals surface area contributed by atoms with Crippen molar-refractivity contribution in [1.29, 1.82) is 0 Å². The lowest BCUT2D eigenvalue weighted by Gasteiger charge is -2.38. The molecule has 3 N–H and O–H groups in total. The first-order chi connectivity index (χ1) is 6.49. The summed E-state index contributed by atoms with van der Waals surface area (Å²) in [5.74, 6) is -1.87. The van der Waals surface area contributed by atoms with E-state index >= 15 is 0 Å². The molecule has 0 saturated carbocycles. The number of rotatable bonds is 2. The fourth-order valence-electron chi connectivity index (χ4n) is 1.43. The van der Waals surface area contributed by atoms with Gasteiger partial charge in [0.05, 0.1) is 6.10 Å². The van der Waals surface area contributed by atoms with Crippen molar-refractivity contribution in [3.05, 3.63) is 0 Å². The van der Waals surface area contributed by atoms with Gasteiger partial charge in [-0.15, -0.1) is 0 Å². The number of ether oxygens (including phenoxy) is 2. The van der Waals surface area contributed by atoms with Gasteiger partial charge in [0.2, 0.25) is 0 Å². The predicted molar refractivity (Wildman–Crippen MR) is 44.5 cm³/mol. The summed E-state index contributed by atoms with van der Waals surface area (Å²) in [6.07, 6.45) is -4.60. The largest absolute Gasteiger partial charge is 0.479 e. The Labute approximate surface area is 81.1 Å². The third kappa shape index (κ3) is 1.88. The average molecular weight is 206 g/mol. The Bertz CT molecular complexity index is 216. The van der Waals surface area contributed by atoms with Gasteiger partial charge in [-0.05, 0) is 0 Å². The van der Waals surface area contributed by atoms with Crippen LogP contribution in [0.3, 0.4) is 0 Å². The van der Waals surface area contributed by atoms with Gasteiger partial charge in [0.15, 0.2) is 12.4 Å². The number of aliphatic hydroxyl groups is 2. The molecule has 0 spiro atoms. The average Bonchev–Trinajstić information content (AvgIpc) is 2.14. The number of carboxylic acids is 1. The normalized spacial score (nSPS) is 43.6. The van der Waals surface area contributed by atoms with Gasteiger partial charge in [0.1, 0.15) is 6.10 Å². The number of aliphatic hydroxyl groups excluding tert-OH is 2. The minimum Gasteiger partial charge on any atom is -0.479 e. The van der Waals surface area contributed by atoms with Crippen LogP contribution in [0.5, 0.6) is 0 Å². The molecule has 1 heterocycles. The van der Waals surface area contributed by atoms with Crippen LogP contribution in [0.25, 0.3) is 0 Å². The maximum Gasteiger partial charge on any atom is 0.335 e. The number of aliphatic carboxylic acids is 1. The van der Waals surface area contributed by atoms with Gasteiger partial charge in [0, 0.05) is 13.0 Å². The summed E-state index contributed by atoms with van der Waals surface area (Å²) >= 11 is 0. The summed E-state index contributed by atoms with van der Waals surface area (Å²) in [6, 6.07) is 0. The van der Waals surface area contributed by atoms with Crippen LogP contribution in [-0.2, 0) is 14.3 Å². The van der Waals surface area contributed by atoms with Crippen molar-refractivity contribution in [2.75, 3.05) is 7.11 Å². The molecule has 6 heteroatoms. The Balaban J connectivity index is 2.78. The minimum atomic E-state index is -1.35. The highest BCUT2D eigenvalue weighted by Gasteiger charge is 2.45. The Morgan fingerprint density at radius 3 is 2.36 bits per heavy atom. The van der Waals surface area contributed by atoms with Crippen LogP contribution in [0, 0.1) is 5.92 Å². The summed E-state index contributed by atoms with van der Waals surface area (Å²) in [7, 11) is 1.30. The van der Waals surface area contributed by atoms with Gasteiger partial charge >= 0.3 is 5.97 Å². The van der Waals surface area contributed by atoms with E-state index in [4.69, 9.17) is 14.6 Å². The first-order valence-electron chi connectivity index (χ1n) is 4.26. The van der Waals surface area contributed by atoms with Gasteiger partial charge in [-0.3, -0.25) is 0 Å². The van der Waals surface area contributed by atoms with E-state index in [1.807, 2.05) is 0 Å². The lowest BCUT2D eigenvalue weighted by atomic mass is 9.91. The summed E-state index contributed by atoms with van der Waals surface area (Å²) in [5.41, 5.74) is 0. The van der Waals surface area contributed by atoms with Crippen molar-refractivity contribution >= 4 is 5.97 Å². The fraction of sp³-hybridized carbons (Fsp3) is 0.875. The lowest BCUT2D eigenvalue weighted by molar-refractivity contribution is -0.273. The molecule has 0 aliphatic carbocycles. The van der Waals surface area contributed by atoms with E-state index in [1.54, 1.807) is 6.92 Å². The number of hydrogen-bond donors (Lipinski definition) is 3. The second kappa shape index (κ2) is 4.22. The molecule has 0 aromatic rings. The molecule has 1 rings (SSSR count). The number of hydrogen-bond acceptors (Lipinski definition) is 5. The molecule has 0 aromatic heterocycles. The van der Waals surface area contributed by atoms with Crippen LogP contribution in [-0.4, -0.2) is 53.0 Å². The summed E-state index contributed by atoms with van der Waals surface area (Å²) < 4.78 is 9.63. The maximum absolute atomic E-state index is 10.7. The molecule has 82 valence electrons. The van der Waals surface area contributed by atoms with Crippen LogP contribution in [0.1, 0.15) is 6.92 Å². The Kier molecular flexibility index (Phi) is 3.43. The van der Waals surface area contributed by atoms with Gasteiger partial charge in [-0.25, -0.2) is 4.79 Å². The number of carboxylic acid groups (broad SMARTS) is 1. The molecule has 1 aliphatic heterocycles. The van der Waals surface area contributed by atoms with Crippen molar-refractivity contribution in [3.63, 3.8) is 0 Å². The van der Waals surface area contributed by atoms with Gasteiger partial charge in [-0.1, -0.05) is 6.92 Å². The molecule has 6 nitrogen and oxygen atoms in total. The van der Waals surface area contributed by atoms with E-state index in [2.05, 4.69) is 0 Å². The molecule has 14 heavy (non-hydrogen) atoms. The molecule has 1 saturated heterocycles. The summed E-state index contributed by atoms with van der Waals surface area (Å²) in [6.45, 7) is 1.54. The van der Waals surface area contributed by atoms with Crippen molar-refractivity contribution in [1.82, 2.24) is 0 Å². The third-order valence-electron chi connectivity index (χ3n) is 2.42. The molecular weight excluding hydrogens is 192 g/mol. The summed E-state index contributed by atoms with van der Waals surface area (Å²) in [4.78, 5) is 10.7. The number of methoxy groups -OCH3 is 1.